The number of benzene rings is 1. The number of likely N-dealkylation sites (tertiary alicyclic amines) is 1. The minimum Gasteiger partial charge on any atom is -0.444 e. The Balaban J connectivity index is 1.71. The quantitative estimate of drug-likeness (QED) is 0.677. The van der Waals surface area contributed by atoms with Crippen molar-refractivity contribution in [2.45, 2.75) is 81.8 Å². The highest BCUT2D eigenvalue weighted by atomic mass is 32.2. The number of carbonyl (C=O) groups excluding carboxylic acids is 1. The summed E-state index contributed by atoms with van der Waals surface area (Å²) in [6, 6.07) is 6.67. The van der Waals surface area contributed by atoms with E-state index >= 15 is 0 Å². The molecule has 0 saturated carbocycles. The van der Waals surface area contributed by atoms with E-state index in [1.165, 1.54) is 4.90 Å². The second kappa shape index (κ2) is 8.17. The standard InChI is InChI=1S/C21H32BNO6S/c1-15-21(5,6)29-22(28-15)16-9-11-17(12-10-16)30(25,26)18-8-7-13-23(14-18)19(24)27-20(2,3)4/h9-12,15,18H,7-8,13-14H2,1-6H3. The Bertz CT molecular complexity index is 878. The van der Waals surface area contributed by atoms with Gasteiger partial charge in [0.15, 0.2) is 9.84 Å². The minimum absolute atomic E-state index is 0.0630. The molecule has 1 amide bonds. The Hall–Kier alpha value is -1.58. The summed E-state index contributed by atoms with van der Waals surface area (Å²) < 4.78 is 43.6. The fourth-order valence-corrected chi connectivity index (χ4v) is 5.34. The fraction of sp³-hybridized carbons (Fsp3) is 0.667. The molecule has 3 rings (SSSR count). The Kier molecular flexibility index (Phi) is 6.29. The first-order valence-electron chi connectivity index (χ1n) is 10.4. The second-order valence-corrected chi connectivity index (χ2v) is 11.9. The van der Waals surface area contributed by atoms with Crippen LogP contribution in [0.15, 0.2) is 29.2 Å². The second-order valence-electron chi connectivity index (χ2n) is 9.64. The van der Waals surface area contributed by atoms with Crippen molar-refractivity contribution in [1.82, 2.24) is 4.90 Å². The summed E-state index contributed by atoms with van der Waals surface area (Å²) in [4.78, 5) is 14.1. The van der Waals surface area contributed by atoms with Crippen molar-refractivity contribution in [3.63, 3.8) is 0 Å². The number of amides is 1. The van der Waals surface area contributed by atoms with Crippen LogP contribution in [0.2, 0.25) is 0 Å². The summed E-state index contributed by atoms with van der Waals surface area (Å²) in [6.45, 7) is 11.9. The van der Waals surface area contributed by atoms with E-state index in [2.05, 4.69) is 0 Å². The van der Waals surface area contributed by atoms with Crippen LogP contribution in [0.25, 0.3) is 0 Å². The van der Waals surface area contributed by atoms with Gasteiger partial charge in [-0.15, -0.1) is 0 Å². The van der Waals surface area contributed by atoms with E-state index in [0.717, 1.165) is 5.46 Å². The minimum atomic E-state index is -3.58. The first-order valence-corrected chi connectivity index (χ1v) is 12.0. The van der Waals surface area contributed by atoms with Gasteiger partial charge < -0.3 is 18.9 Å². The van der Waals surface area contributed by atoms with E-state index < -0.39 is 39.5 Å². The molecule has 2 heterocycles. The van der Waals surface area contributed by atoms with Crippen LogP contribution in [0.1, 0.15) is 54.4 Å². The fourth-order valence-electron chi connectivity index (χ4n) is 3.59. The van der Waals surface area contributed by atoms with Crippen molar-refractivity contribution in [3.8, 4) is 0 Å². The molecule has 9 heteroatoms. The molecule has 0 bridgehead atoms. The molecule has 2 aliphatic heterocycles. The number of piperidine rings is 1. The van der Waals surface area contributed by atoms with Gasteiger partial charge in [0.1, 0.15) is 5.60 Å². The molecule has 2 aliphatic rings. The van der Waals surface area contributed by atoms with Gasteiger partial charge in [-0.1, -0.05) is 12.1 Å². The van der Waals surface area contributed by atoms with E-state index in [0.29, 0.717) is 19.4 Å². The van der Waals surface area contributed by atoms with Crippen molar-refractivity contribution >= 4 is 28.5 Å². The van der Waals surface area contributed by atoms with Gasteiger partial charge in [0.05, 0.1) is 21.9 Å². The molecule has 2 saturated heterocycles. The maximum atomic E-state index is 13.2. The highest BCUT2D eigenvalue weighted by Gasteiger charge is 2.44. The highest BCUT2D eigenvalue weighted by molar-refractivity contribution is 7.92. The summed E-state index contributed by atoms with van der Waals surface area (Å²) in [7, 11) is -4.09. The van der Waals surface area contributed by atoms with Crippen molar-refractivity contribution < 1.29 is 27.3 Å². The van der Waals surface area contributed by atoms with Crippen molar-refractivity contribution in [1.29, 1.82) is 0 Å². The predicted octanol–water partition coefficient (Wildman–Crippen LogP) is 2.77. The summed E-state index contributed by atoms with van der Waals surface area (Å²) in [5.41, 5.74) is -0.233. The molecule has 7 nitrogen and oxygen atoms in total. The third-order valence-electron chi connectivity index (χ3n) is 5.67. The van der Waals surface area contributed by atoms with Crippen LogP contribution >= 0.6 is 0 Å². The SMILES string of the molecule is CC1OB(c2ccc(S(=O)(=O)C3CCCN(C(=O)OC(C)(C)C)C3)cc2)OC1(C)C. The number of nitrogens with zero attached hydrogens (tertiary/aromatic N) is 1. The third kappa shape index (κ3) is 5.00. The van der Waals surface area contributed by atoms with Crippen LogP contribution < -0.4 is 5.46 Å². The molecular weight excluding hydrogens is 405 g/mol. The highest BCUT2D eigenvalue weighted by Crippen LogP contribution is 2.28. The van der Waals surface area contributed by atoms with Crippen LogP contribution in [0, 0.1) is 0 Å². The molecular formula is C21H32BNO6S. The van der Waals surface area contributed by atoms with Crippen molar-refractivity contribution in [3.05, 3.63) is 24.3 Å². The van der Waals surface area contributed by atoms with E-state index in [1.54, 1.807) is 45.0 Å². The molecule has 1 aromatic carbocycles. The Morgan fingerprint density at radius 1 is 1.23 bits per heavy atom. The van der Waals surface area contributed by atoms with Crippen LogP contribution in [0.4, 0.5) is 4.79 Å². The molecule has 0 aromatic heterocycles. The topological polar surface area (TPSA) is 82.1 Å². The zero-order chi connectivity index (χ0) is 22.3. The summed E-state index contributed by atoms with van der Waals surface area (Å²) in [5, 5.41) is -0.650. The maximum Gasteiger partial charge on any atom is 0.494 e. The van der Waals surface area contributed by atoms with Gasteiger partial charge in [0.2, 0.25) is 0 Å². The number of carbonyl (C=O) groups is 1. The van der Waals surface area contributed by atoms with Gasteiger partial charge in [-0.05, 0) is 72.0 Å². The van der Waals surface area contributed by atoms with E-state index in [-0.39, 0.29) is 17.5 Å². The molecule has 30 heavy (non-hydrogen) atoms. The monoisotopic (exact) mass is 437 g/mol. The maximum absolute atomic E-state index is 13.2. The lowest BCUT2D eigenvalue weighted by molar-refractivity contribution is 0.0219. The van der Waals surface area contributed by atoms with Gasteiger partial charge in [0, 0.05) is 13.1 Å². The average Bonchev–Trinajstić information content (AvgIpc) is 2.93. The van der Waals surface area contributed by atoms with E-state index in [4.69, 9.17) is 14.0 Å². The van der Waals surface area contributed by atoms with Crippen LogP contribution in [0.5, 0.6) is 0 Å². The normalized spacial score (nSPS) is 24.7. The molecule has 0 aliphatic carbocycles. The largest absolute Gasteiger partial charge is 0.494 e. The van der Waals surface area contributed by atoms with Crippen LogP contribution in [-0.2, 0) is 23.9 Å². The first kappa shape index (κ1) is 23.1. The lowest BCUT2D eigenvalue weighted by Gasteiger charge is -2.33. The molecule has 2 atom stereocenters. The molecule has 1 aromatic rings. The first-order chi connectivity index (χ1) is 13.8. The number of ether oxygens (including phenoxy) is 1. The summed E-state index contributed by atoms with van der Waals surface area (Å²) in [5.74, 6) is 0. The van der Waals surface area contributed by atoms with Crippen LogP contribution in [-0.4, -0.2) is 62.2 Å². The van der Waals surface area contributed by atoms with E-state index in [9.17, 15) is 13.2 Å². The molecule has 2 fully saturated rings. The average molecular weight is 437 g/mol. The van der Waals surface area contributed by atoms with Crippen molar-refractivity contribution in [2.24, 2.45) is 0 Å². The van der Waals surface area contributed by atoms with Crippen molar-refractivity contribution in [2.75, 3.05) is 13.1 Å². The Morgan fingerprint density at radius 2 is 1.87 bits per heavy atom. The van der Waals surface area contributed by atoms with Gasteiger partial charge in [-0.2, -0.15) is 0 Å². The van der Waals surface area contributed by atoms with Gasteiger partial charge >= 0.3 is 13.2 Å². The Morgan fingerprint density at radius 3 is 2.40 bits per heavy atom. The number of hydrogen-bond donors (Lipinski definition) is 0. The summed E-state index contributed by atoms with van der Waals surface area (Å²) >= 11 is 0. The lowest BCUT2D eigenvalue weighted by Crippen LogP contribution is -2.47. The molecule has 2 unspecified atom stereocenters. The lowest BCUT2D eigenvalue weighted by atomic mass is 9.79. The molecule has 166 valence electrons. The van der Waals surface area contributed by atoms with Gasteiger partial charge in [0.25, 0.3) is 0 Å². The molecule has 0 radical (unpaired) electrons. The number of rotatable bonds is 3. The zero-order valence-electron chi connectivity index (χ0n) is 18.7. The zero-order valence-corrected chi connectivity index (χ0v) is 19.5. The smallest absolute Gasteiger partial charge is 0.444 e. The number of sulfone groups is 1. The molecule has 0 N–H and O–H groups in total. The predicted molar refractivity (Wildman–Crippen MR) is 116 cm³/mol. The third-order valence-corrected chi connectivity index (χ3v) is 7.86. The van der Waals surface area contributed by atoms with Crippen LogP contribution in [0.3, 0.4) is 0 Å². The number of hydrogen-bond acceptors (Lipinski definition) is 6. The molecule has 0 spiro atoms. The van der Waals surface area contributed by atoms with Gasteiger partial charge in [-0.25, -0.2) is 13.2 Å². The summed E-state index contributed by atoms with van der Waals surface area (Å²) in [6.07, 6.45) is 0.610. The van der Waals surface area contributed by atoms with Gasteiger partial charge in [-0.3, -0.25) is 0 Å². The van der Waals surface area contributed by atoms with E-state index in [1.807, 2.05) is 20.8 Å². The Labute approximate surface area is 180 Å².